The fraction of sp³-hybridized carbons (Fsp3) is 0.304. The van der Waals surface area contributed by atoms with Crippen molar-refractivity contribution in [1.82, 2.24) is 14.7 Å². The van der Waals surface area contributed by atoms with Crippen molar-refractivity contribution < 1.29 is 19.2 Å². The Balaban J connectivity index is 1.24. The van der Waals surface area contributed by atoms with E-state index in [4.69, 9.17) is 0 Å². The Morgan fingerprint density at radius 2 is 1.27 bits per heavy atom. The van der Waals surface area contributed by atoms with Gasteiger partial charge < -0.3 is 9.80 Å². The summed E-state index contributed by atoms with van der Waals surface area (Å²) in [7, 11) is 0. The van der Waals surface area contributed by atoms with E-state index in [1.54, 1.807) is 46.2 Å². The van der Waals surface area contributed by atoms with Gasteiger partial charge in [-0.15, -0.1) is 0 Å². The van der Waals surface area contributed by atoms with Crippen LogP contribution in [0.1, 0.15) is 43.9 Å². The molecule has 4 amide bonds. The Morgan fingerprint density at radius 3 is 1.87 bits per heavy atom. The third-order valence-electron chi connectivity index (χ3n) is 5.59. The van der Waals surface area contributed by atoms with Crippen LogP contribution < -0.4 is 0 Å². The van der Waals surface area contributed by atoms with E-state index < -0.39 is 0 Å². The summed E-state index contributed by atoms with van der Waals surface area (Å²) in [5, 5.41) is 0. The van der Waals surface area contributed by atoms with Crippen LogP contribution >= 0.6 is 0 Å². The summed E-state index contributed by atoms with van der Waals surface area (Å²) in [4.78, 5) is 54.5. The second-order valence-electron chi connectivity index (χ2n) is 7.45. The Hall–Kier alpha value is -3.48. The van der Waals surface area contributed by atoms with Crippen LogP contribution in [0.2, 0.25) is 0 Å². The number of rotatable bonds is 5. The summed E-state index contributed by atoms with van der Waals surface area (Å²) < 4.78 is 0. The number of carbonyl (C=O) groups excluding carboxylic acids is 4. The lowest BCUT2D eigenvalue weighted by molar-refractivity contribution is -0.132. The average Bonchev–Trinajstić information content (AvgIpc) is 3.04. The molecule has 2 heterocycles. The fourth-order valence-electron chi connectivity index (χ4n) is 3.91. The Labute approximate surface area is 174 Å². The van der Waals surface area contributed by atoms with Gasteiger partial charge in [0.15, 0.2) is 0 Å². The van der Waals surface area contributed by atoms with Gasteiger partial charge in [-0.05, 0) is 30.7 Å². The van der Waals surface area contributed by atoms with Crippen LogP contribution in [0.15, 0.2) is 54.6 Å². The van der Waals surface area contributed by atoms with Crippen molar-refractivity contribution >= 4 is 23.6 Å². The zero-order valence-corrected chi connectivity index (χ0v) is 16.6. The molecule has 4 rings (SSSR count). The van der Waals surface area contributed by atoms with Crippen molar-refractivity contribution in [3.05, 3.63) is 71.3 Å². The van der Waals surface area contributed by atoms with Crippen LogP contribution in [-0.4, -0.2) is 71.1 Å². The SMILES string of the molecule is O=C(CCCN1C(=O)c2ccccc2C1=O)N1CCN(C(=O)c2ccccc2)CC1. The van der Waals surface area contributed by atoms with E-state index in [0.717, 1.165) is 0 Å². The number of hydrogen-bond acceptors (Lipinski definition) is 4. The molecular weight excluding hydrogens is 382 g/mol. The van der Waals surface area contributed by atoms with E-state index in [9.17, 15) is 19.2 Å². The highest BCUT2D eigenvalue weighted by Crippen LogP contribution is 2.22. The van der Waals surface area contributed by atoms with Gasteiger partial charge in [0.05, 0.1) is 11.1 Å². The molecule has 1 fully saturated rings. The molecule has 0 aliphatic carbocycles. The topological polar surface area (TPSA) is 78.0 Å². The minimum Gasteiger partial charge on any atom is -0.339 e. The van der Waals surface area contributed by atoms with Gasteiger partial charge >= 0.3 is 0 Å². The molecule has 2 aromatic rings. The highest BCUT2D eigenvalue weighted by Gasteiger charge is 2.34. The van der Waals surface area contributed by atoms with E-state index in [0.29, 0.717) is 49.3 Å². The van der Waals surface area contributed by atoms with Gasteiger partial charge in [-0.1, -0.05) is 30.3 Å². The molecule has 2 aliphatic rings. The summed E-state index contributed by atoms with van der Waals surface area (Å²) in [6.45, 7) is 2.20. The predicted molar refractivity (Wildman–Crippen MR) is 110 cm³/mol. The van der Waals surface area contributed by atoms with Crippen LogP contribution in [0.5, 0.6) is 0 Å². The van der Waals surface area contributed by atoms with Crippen molar-refractivity contribution in [2.24, 2.45) is 0 Å². The van der Waals surface area contributed by atoms with Crippen LogP contribution in [0.3, 0.4) is 0 Å². The molecule has 2 aliphatic heterocycles. The predicted octanol–water partition coefficient (Wildman–Crippen LogP) is 2.05. The lowest BCUT2D eigenvalue weighted by atomic mass is 10.1. The highest BCUT2D eigenvalue weighted by atomic mass is 16.2. The first kappa shape index (κ1) is 19.8. The third kappa shape index (κ3) is 3.83. The van der Waals surface area contributed by atoms with Crippen LogP contribution in [0.25, 0.3) is 0 Å². The van der Waals surface area contributed by atoms with Gasteiger partial charge in [0.2, 0.25) is 5.91 Å². The van der Waals surface area contributed by atoms with E-state index in [1.165, 1.54) is 4.90 Å². The maximum absolute atomic E-state index is 12.5. The van der Waals surface area contributed by atoms with Gasteiger partial charge in [-0.3, -0.25) is 24.1 Å². The lowest BCUT2D eigenvalue weighted by Crippen LogP contribution is -2.50. The largest absolute Gasteiger partial charge is 0.339 e. The molecule has 0 bridgehead atoms. The highest BCUT2D eigenvalue weighted by molar-refractivity contribution is 6.21. The number of imide groups is 1. The number of nitrogens with zero attached hydrogens (tertiary/aromatic N) is 3. The first-order valence-electron chi connectivity index (χ1n) is 10.1. The maximum atomic E-state index is 12.5. The van der Waals surface area contributed by atoms with Crippen molar-refractivity contribution in [3.8, 4) is 0 Å². The summed E-state index contributed by atoms with van der Waals surface area (Å²) in [5.74, 6) is -0.626. The third-order valence-corrected chi connectivity index (χ3v) is 5.59. The number of piperazine rings is 1. The molecular formula is C23H23N3O4. The number of fused-ring (bicyclic) bond motifs is 1. The smallest absolute Gasteiger partial charge is 0.261 e. The molecule has 0 N–H and O–H groups in total. The standard InChI is InChI=1S/C23H23N3O4/c27-20(11-6-12-26-22(29)18-9-4-5-10-19(18)23(26)30)24-13-15-25(16-14-24)21(28)17-7-2-1-3-8-17/h1-5,7-10H,6,11-16H2. The van der Waals surface area contributed by atoms with Crippen LogP contribution in [0, 0.1) is 0 Å². The summed E-state index contributed by atoms with van der Waals surface area (Å²) in [6, 6.07) is 15.9. The quantitative estimate of drug-likeness (QED) is 0.714. The molecule has 1 saturated heterocycles. The minimum absolute atomic E-state index is 0.0154. The number of hydrogen-bond donors (Lipinski definition) is 0. The average molecular weight is 405 g/mol. The molecule has 0 saturated carbocycles. The van der Waals surface area contributed by atoms with E-state index >= 15 is 0 Å². The van der Waals surface area contributed by atoms with Crippen LogP contribution in [0.4, 0.5) is 0 Å². The monoisotopic (exact) mass is 405 g/mol. The van der Waals surface area contributed by atoms with Gasteiger partial charge in [0, 0.05) is 44.7 Å². The zero-order chi connectivity index (χ0) is 21.1. The molecule has 0 spiro atoms. The van der Waals surface area contributed by atoms with Crippen LogP contribution in [-0.2, 0) is 4.79 Å². The molecule has 30 heavy (non-hydrogen) atoms. The van der Waals surface area contributed by atoms with E-state index in [1.807, 2.05) is 18.2 Å². The Morgan fingerprint density at radius 1 is 0.733 bits per heavy atom. The second-order valence-corrected chi connectivity index (χ2v) is 7.45. The molecule has 0 aromatic heterocycles. The van der Waals surface area contributed by atoms with Crippen molar-refractivity contribution in [2.75, 3.05) is 32.7 Å². The minimum atomic E-state index is -0.295. The van der Waals surface area contributed by atoms with Gasteiger partial charge in [0.25, 0.3) is 17.7 Å². The number of amides is 4. The Bertz CT molecular complexity index is 946. The summed E-state index contributed by atoms with van der Waals surface area (Å²) in [5.41, 5.74) is 1.50. The lowest BCUT2D eigenvalue weighted by Gasteiger charge is -2.35. The Kier molecular flexibility index (Phi) is 5.61. The van der Waals surface area contributed by atoms with Crippen molar-refractivity contribution in [1.29, 1.82) is 0 Å². The van der Waals surface area contributed by atoms with E-state index in [-0.39, 0.29) is 36.6 Å². The molecule has 0 atom stereocenters. The number of benzene rings is 2. The maximum Gasteiger partial charge on any atom is 0.261 e. The first-order chi connectivity index (χ1) is 14.6. The number of carbonyl (C=O) groups is 4. The van der Waals surface area contributed by atoms with Crippen molar-refractivity contribution in [2.45, 2.75) is 12.8 Å². The summed E-state index contributed by atoms with van der Waals surface area (Å²) in [6.07, 6.45) is 0.688. The van der Waals surface area contributed by atoms with Gasteiger partial charge in [-0.2, -0.15) is 0 Å². The van der Waals surface area contributed by atoms with E-state index in [2.05, 4.69) is 0 Å². The molecule has 0 radical (unpaired) electrons. The molecule has 154 valence electrons. The second kappa shape index (κ2) is 8.49. The van der Waals surface area contributed by atoms with Crippen molar-refractivity contribution in [3.63, 3.8) is 0 Å². The summed E-state index contributed by atoms with van der Waals surface area (Å²) >= 11 is 0. The zero-order valence-electron chi connectivity index (χ0n) is 16.6. The first-order valence-corrected chi connectivity index (χ1v) is 10.1. The van der Waals surface area contributed by atoms with Gasteiger partial charge in [0.1, 0.15) is 0 Å². The molecule has 2 aromatic carbocycles. The molecule has 7 heteroatoms. The molecule has 0 unspecified atom stereocenters. The normalized spacial score (nSPS) is 16.1. The molecule has 7 nitrogen and oxygen atoms in total. The fourth-order valence-corrected chi connectivity index (χ4v) is 3.91. The van der Waals surface area contributed by atoms with Gasteiger partial charge in [-0.25, -0.2) is 0 Å².